The fourth-order valence-electron chi connectivity index (χ4n) is 3.12. The highest BCUT2D eigenvalue weighted by atomic mass is 35.5. The maximum Gasteiger partial charge on any atom is 0.338 e. The number of hydrogen-bond acceptors (Lipinski definition) is 9. The van der Waals surface area contributed by atoms with Crippen LogP contribution in [0.2, 0.25) is 5.02 Å². The molecule has 0 aliphatic carbocycles. The second-order valence-electron chi connectivity index (χ2n) is 6.59. The maximum atomic E-state index is 11.3. The molecule has 0 amide bonds. The van der Waals surface area contributed by atoms with E-state index in [4.69, 9.17) is 21.1 Å². The average molecular weight is 462 g/mol. The van der Waals surface area contributed by atoms with E-state index in [0.717, 1.165) is 18.8 Å². The predicted molar refractivity (Wildman–Crippen MR) is 121 cm³/mol. The molecule has 9 nitrogen and oxygen atoms in total. The van der Waals surface area contributed by atoms with Crippen LogP contribution in [0.5, 0.6) is 5.75 Å². The number of carbonyl (C=O) groups is 1. The molecular formula is C20H20ClN5O4S. The van der Waals surface area contributed by atoms with E-state index in [9.17, 15) is 9.90 Å². The summed E-state index contributed by atoms with van der Waals surface area (Å²) in [6, 6.07) is 7.37. The van der Waals surface area contributed by atoms with Crippen molar-refractivity contribution in [1.29, 1.82) is 0 Å². The summed E-state index contributed by atoms with van der Waals surface area (Å²) >= 11 is 7.46. The molecule has 0 spiro atoms. The Balaban J connectivity index is 1.56. The van der Waals surface area contributed by atoms with Gasteiger partial charge in [-0.15, -0.1) is 11.3 Å². The van der Waals surface area contributed by atoms with Crippen molar-refractivity contribution < 1.29 is 19.4 Å². The van der Waals surface area contributed by atoms with E-state index in [1.54, 1.807) is 12.5 Å². The van der Waals surface area contributed by atoms with Gasteiger partial charge in [-0.2, -0.15) is 4.98 Å². The molecule has 1 aromatic carbocycles. The Hall–Kier alpha value is -3.08. The minimum absolute atomic E-state index is 0.148. The van der Waals surface area contributed by atoms with Crippen LogP contribution in [-0.2, 0) is 4.74 Å². The molecule has 3 heterocycles. The van der Waals surface area contributed by atoms with Crippen molar-refractivity contribution in [1.82, 2.24) is 9.97 Å². The highest BCUT2D eigenvalue weighted by Crippen LogP contribution is 2.33. The minimum Gasteiger partial charge on any atom is -0.494 e. The summed E-state index contributed by atoms with van der Waals surface area (Å²) in [5.74, 6) is 0.201. The molecule has 11 heteroatoms. The summed E-state index contributed by atoms with van der Waals surface area (Å²) < 4.78 is 11.0. The molecular weight excluding hydrogens is 442 g/mol. The van der Waals surface area contributed by atoms with Gasteiger partial charge in [0.25, 0.3) is 0 Å². The highest BCUT2D eigenvalue weighted by molar-refractivity contribution is 7.14. The lowest BCUT2D eigenvalue weighted by atomic mass is 10.2. The van der Waals surface area contributed by atoms with Gasteiger partial charge in [0.1, 0.15) is 15.8 Å². The average Bonchev–Trinajstić information content (AvgIpc) is 3.25. The van der Waals surface area contributed by atoms with E-state index in [0.29, 0.717) is 35.5 Å². The number of aromatic carboxylic acids is 1. The van der Waals surface area contributed by atoms with Gasteiger partial charge in [0, 0.05) is 24.8 Å². The zero-order valence-corrected chi connectivity index (χ0v) is 18.2. The number of benzene rings is 1. The molecule has 2 aromatic heterocycles. The Bertz CT molecular complexity index is 1090. The van der Waals surface area contributed by atoms with Crippen LogP contribution in [0.1, 0.15) is 10.4 Å². The zero-order chi connectivity index (χ0) is 21.8. The monoisotopic (exact) mass is 461 g/mol. The Labute approximate surface area is 187 Å². The van der Waals surface area contributed by atoms with Crippen LogP contribution in [0.3, 0.4) is 0 Å². The molecule has 3 aromatic rings. The molecule has 0 unspecified atom stereocenters. The van der Waals surface area contributed by atoms with Crippen LogP contribution in [0, 0.1) is 0 Å². The normalized spacial score (nSPS) is 13.7. The van der Waals surface area contributed by atoms with Crippen molar-refractivity contribution in [3.05, 3.63) is 46.4 Å². The number of hydrogen-bond donors (Lipinski definition) is 3. The quantitative estimate of drug-likeness (QED) is 0.476. The van der Waals surface area contributed by atoms with Crippen molar-refractivity contribution >= 4 is 57.0 Å². The van der Waals surface area contributed by atoms with Crippen LogP contribution in [0.25, 0.3) is 0 Å². The summed E-state index contributed by atoms with van der Waals surface area (Å²) in [5, 5.41) is 17.8. The van der Waals surface area contributed by atoms with Crippen molar-refractivity contribution in [2.24, 2.45) is 0 Å². The molecule has 0 atom stereocenters. The summed E-state index contributed by atoms with van der Waals surface area (Å²) in [6.07, 6.45) is 1.45. The van der Waals surface area contributed by atoms with E-state index in [1.165, 1.54) is 23.6 Å². The topological polar surface area (TPSA) is 109 Å². The van der Waals surface area contributed by atoms with Gasteiger partial charge in [-0.1, -0.05) is 11.6 Å². The number of aromatic nitrogens is 2. The van der Waals surface area contributed by atoms with Crippen LogP contribution < -0.4 is 20.3 Å². The fourth-order valence-corrected chi connectivity index (χ4v) is 4.04. The van der Waals surface area contributed by atoms with Gasteiger partial charge in [0.15, 0.2) is 5.82 Å². The number of anilines is 5. The smallest absolute Gasteiger partial charge is 0.338 e. The van der Waals surface area contributed by atoms with Gasteiger partial charge in [-0.25, -0.2) is 9.78 Å². The van der Waals surface area contributed by atoms with Crippen molar-refractivity contribution in [2.75, 3.05) is 48.9 Å². The lowest BCUT2D eigenvalue weighted by Crippen LogP contribution is -2.36. The Kier molecular flexibility index (Phi) is 6.40. The molecule has 1 aliphatic heterocycles. The number of nitrogens with zero attached hydrogens (tertiary/aromatic N) is 3. The number of rotatable bonds is 7. The van der Waals surface area contributed by atoms with E-state index >= 15 is 0 Å². The number of methoxy groups -OCH3 is 1. The van der Waals surface area contributed by atoms with Crippen molar-refractivity contribution in [2.45, 2.75) is 0 Å². The molecule has 31 heavy (non-hydrogen) atoms. The fraction of sp³-hybridized carbons (Fsp3) is 0.250. The van der Waals surface area contributed by atoms with Gasteiger partial charge < -0.3 is 30.1 Å². The first-order valence-electron chi connectivity index (χ1n) is 9.43. The highest BCUT2D eigenvalue weighted by Gasteiger charge is 2.16. The first-order valence-corrected chi connectivity index (χ1v) is 10.7. The molecule has 1 aliphatic rings. The molecule has 1 fully saturated rings. The summed E-state index contributed by atoms with van der Waals surface area (Å²) in [5.41, 5.74) is 1.88. The number of carboxylic acids is 1. The number of thiophene rings is 1. The molecule has 1 saturated heterocycles. The largest absolute Gasteiger partial charge is 0.494 e. The van der Waals surface area contributed by atoms with Gasteiger partial charge in [0.05, 0.1) is 37.8 Å². The summed E-state index contributed by atoms with van der Waals surface area (Å²) in [4.78, 5) is 22.2. The van der Waals surface area contributed by atoms with E-state index in [1.807, 2.05) is 18.2 Å². The Morgan fingerprint density at radius 3 is 2.84 bits per heavy atom. The standard InChI is InChI=1S/C20H20ClN5O4S/c1-29-16-10-12(26-5-7-30-8-6-26)2-3-15(16)23-20-22-11-14(21)17(25-20)24-18-13(19(27)28)4-9-31-18/h2-4,9-11H,5-8H2,1H3,(H,27,28)(H2,22,23,24,25). The molecule has 4 rings (SSSR count). The SMILES string of the molecule is COc1cc(N2CCOCC2)ccc1Nc1ncc(Cl)c(Nc2sccc2C(=O)O)n1. The molecule has 3 N–H and O–H groups in total. The number of ether oxygens (including phenoxy) is 2. The first kappa shape index (κ1) is 21.2. The van der Waals surface area contributed by atoms with Gasteiger partial charge >= 0.3 is 5.97 Å². The number of nitrogens with one attached hydrogen (secondary N) is 2. The lowest BCUT2D eigenvalue weighted by Gasteiger charge is -2.29. The zero-order valence-electron chi connectivity index (χ0n) is 16.6. The second kappa shape index (κ2) is 9.38. The summed E-state index contributed by atoms with van der Waals surface area (Å²) in [6.45, 7) is 3.05. The predicted octanol–water partition coefficient (Wildman–Crippen LogP) is 4.22. The van der Waals surface area contributed by atoms with Crippen molar-refractivity contribution in [3.8, 4) is 5.75 Å². The number of carboxylic acid groups (broad SMARTS) is 1. The Morgan fingerprint density at radius 1 is 1.29 bits per heavy atom. The maximum absolute atomic E-state index is 11.3. The first-order chi connectivity index (χ1) is 15.0. The van der Waals surface area contributed by atoms with Gasteiger partial charge in [-0.3, -0.25) is 0 Å². The lowest BCUT2D eigenvalue weighted by molar-refractivity contribution is 0.0698. The minimum atomic E-state index is -1.03. The molecule has 162 valence electrons. The third-order valence-electron chi connectivity index (χ3n) is 4.68. The molecule has 0 radical (unpaired) electrons. The van der Waals surface area contributed by atoms with Gasteiger partial charge in [0.2, 0.25) is 5.95 Å². The van der Waals surface area contributed by atoms with Crippen LogP contribution in [0.4, 0.5) is 28.1 Å². The van der Waals surface area contributed by atoms with Gasteiger partial charge in [-0.05, 0) is 23.6 Å². The Morgan fingerprint density at radius 2 is 2.10 bits per heavy atom. The van der Waals surface area contributed by atoms with E-state index in [2.05, 4.69) is 25.5 Å². The molecule has 0 bridgehead atoms. The van der Waals surface area contributed by atoms with Crippen LogP contribution in [0.15, 0.2) is 35.8 Å². The number of morpholine rings is 1. The third kappa shape index (κ3) is 4.82. The van der Waals surface area contributed by atoms with Crippen molar-refractivity contribution in [3.63, 3.8) is 0 Å². The third-order valence-corrected chi connectivity index (χ3v) is 5.79. The van der Waals surface area contributed by atoms with E-state index in [-0.39, 0.29) is 16.5 Å². The second-order valence-corrected chi connectivity index (χ2v) is 7.92. The van der Waals surface area contributed by atoms with E-state index < -0.39 is 5.97 Å². The van der Waals surface area contributed by atoms with Crippen LogP contribution in [-0.4, -0.2) is 54.5 Å². The molecule has 0 saturated carbocycles. The summed E-state index contributed by atoms with van der Waals surface area (Å²) in [7, 11) is 1.60. The number of halogens is 1. The van der Waals surface area contributed by atoms with Crippen LogP contribution >= 0.6 is 22.9 Å².